The van der Waals surface area contributed by atoms with E-state index in [-0.39, 0.29) is 17.9 Å². The van der Waals surface area contributed by atoms with Crippen LogP contribution >= 0.6 is 0 Å². The average molecular weight is 364 g/mol. The summed E-state index contributed by atoms with van der Waals surface area (Å²) in [4.78, 5) is 20.3. The van der Waals surface area contributed by atoms with Crippen molar-refractivity contribution in [2.24, 2.45) is 11.1 Å². The van der Waals surface area contributed by atoms with Crippen LogP contribution in [0.3, 0.4) is 0 Å². The smallest absolute Gasteiger partial charge is 0.226 e. The van der Waals surface area contributed by atoms with Crippen molar-refractivity contribution in [3.05, 3.63) is 65.7 Å². The molecule has 1 saturated carbocycles. The van der Waals surface area contributed by atoms with Gasteiger partial charge in [-0.05, 0) is 48.2 Å². The molecule has 0 spiro atoms. The van der Waals surface area contributed by atoms with Crippen molar-refractivity contribution in [1.82, 2.24) is 4.90 Å². The van der Waals surface area contributed by atoms with Crippen LogP contribution in [0.4, 0.5) is 0 Å². The zero-order chi connectivity index (χ0) is 18.6. The lowest BCUT2D eigenvalue weighted by Crippen LogP contribution is -2.38. The van der Waals surface area contributed by atoms with E-state index in [2.05, 4.69) is 17.3 Å². The normalized spacial score (nSPS) is 18.6. The van der Waals surface area contributed by atoms with Crippen LogP contribution in [-0.4, -0.2) is 36.3 Å². The van der Waals surface area contributed by atoms with Crippen molar-refractivity contribution in [1.29, 1.82) is 0 Å². The van der Waals surface area contributed by atoms with Crippen molar-refractivity contribution in [2.45, 2.75) is 31.9 Å². The minimum Gasteiger partial charge on any atom is -0.497 e. The fraction of sp³-hybridized carbons (Fsp3) is 0.364. The van der Waals surface area contributed by atoms with Gasteiger partial charge < -0.3 is 14.5 Å². The molecule has 1 atom stereocenters. The topological polar surface area (TPSA) is 51.1 Å². The molecule has 2 aromatic carbocycles. The van der Waals surface area contributed by atoms with Crippen molar-refractivity contribution in [3.63, 3.8) is 0 Å². The average Bonchev–Trinajstić information content (AvgIpc) is 3.46. The molecule has 0 saturated heterocycles. The van der Waals surface area contributed by atoms with Gasteiger partial charge in [-0.3, -0.25) is 4.79 Å². The first-order valence-corrected chi connectivity index (χ1v) is 9.43. The molecule has 1 heterocycles. The minimum atomic E-state index is -0.103. The standard InChI is InChI=1S/C22H24N2O3/c1-26-19-11-9-17(10-12-19)21-13-20(27-23-21)15-24(22(25)18-7-8-18)14-16-5-3-2-4-6-16/h2-6,9-12,18,20H,7-8,13-15H2,1H3/t20-/m1/s1. The van der Waals surface area contributed by atoms with E-state index < -0.39 is 0 Å². The largest absolute Gasteiger partial charge is 0.497 e. The van der Waals surface area contributed by atoms with E-state index >= 15 is 0 Å². The van der Waals surface area contributed by atoms with Crippen LogP contribution in [0.1, 0.15) is 30.4 Å². The van der Waals surface area contributed by atoms with Gasteiger partial charge in [0.25, 0.3) is 0 Å². The van der Waals surface area contributed by atoms with Crippen LogP contribution in [-0.2, 0) is 16.2 Å². The van der Waals surface area contributed by atoms with Gasteiger partial charge in [-0.15, -0.1) is 0 Å². The second-order valence-electron chi connectivity index (χ2n) is 7.18. The first-order chi connectivity index (χ1) is 13.2. The van der Waals surface area contributed by atoms with Gasteiger partial charge in [-0.25, -0.2) is 0 Å². The molecule has 0 aromatic heterocycles. The van der Waals surface area contributed by atoms with E-state index in [0.717, 1.165) is 35.4 Å². The Morgan fingerprint density at radius 1 is 1.15 bits per heavy atom. The number of amides is 1. The van der Waals surface area contributed by atoms with Gasteiger partial charge in [0.15, 0.2) is 6.10 Å². The molecule has 27 heavy (non-hydrogen) atoms. The number of benzene rings is 2. The number of nitrogens with zero attached hydrogens (tertiary/aromatic N) is 2. The van der Waals surface area contributed by atoms with Gasteiger partial charge >= 0.3 is 0 Å². The summed E-state index contributed by atoms with van der Waals surface area (Å²) in [5.74, 6) is 1.25. The minimum absolute atomic E-state index is 0.103. The summed E-state index contributed by atoms with van der Waals surface area (Å²) in [6.07, 6.45) is 2.61. The van der Waals surface area contributed by atoms with Crippen LogP contribution in [0.2, 0.25) is 0 Å². The molecule has 0 bridgehead atoms. The van der Waals surface area contributed by atoms with Crippen LogP contribution < -0.4 is 4.74 Å². The fourth-order valence-corrected chi connectivity index (χ4v) is 3.35. The number of oxime groups is 1. The van der Waals surface area contributed by atoms with Crippen LogP contribution in [0.15, 0.2) is 59.8 Å². The Kier molecular flexibility index (Phi) is 5.10. The summed E-state index contributed by atoms with van der Waals surface area (Å²) in [6.45, 7) is 1.18. The highest BCUT2D eigenvalue weighted by atomic mass is 16.6. The lowest BCUT2D eigenvalue weighted by molar-refractivity contribution is -0.135. The number of ether oxygens (including phenoxy) is 1. The number of hydrogen-bond donors (Lipinski definition) is 0. The Labute approximate surface area is 159 Å². The van der Waals surface area contributed by atoms with Crippen molar-refractivity contribution in [3.8, 4) is 5.75 Å². The zero-order valence-corrected chi connectivity index (χ0v) is 15.5. The monoisotopic (exact) mass is 364 g/mol. The molecule has 1 aliphatic carbocycles. The predicted octanol–water partition coefficient (Wildman–Crippen LogP) is 3.63. The highest BCUT2D eigenvalue weighted by molar-refractivity contribution is 6.01. The Hall–Kier alpha value is -2.82. The second-order valence-corrected chi connectivity index (χ2v) is 7.18. The number of carbonyl (C=O) groups is 1. The highest BCUT2D eigenvalue weighted by Gasteiger charge is 2.35. The van der Waals surface area contributed by atoms with E-state index in [0.29, 0.717) is 19.5 Å². The van der Waals surface area contributed by atoms with Crippen LogP contribution in [0, 0.1) is 5.92 Å². The number of hydrogen-bond acceptors (Lipinski definition) is 4. The molecule has 1 aliphatic heterocycles. The molecule has 0 radical (unpaired) electrons. The third-order valence-corrected chi connectivity index (χ3v) is 5.03. The Bertz CT molecular complexity index is 813. The first-order valence-electron chi connectivity index (χ1n) is 9.43. The lowest BCUT2D eigenvalue weighted by Gasteiger charge is -2.25. The molecule has 5 heteroatoms. The van der Waals surface area contributed by atoms with Crippen molar-refractivity contribution < 1.29 is 14.4 Å². The summed E-state index contributed by atoms with van der Waals surface area (Å²) in [5.41, 5.74) is 3.09. The second kappa shape index (κ2) is 7.82. The molecule has 2 aromatic rings. The third-order valence-electron chi connectivity index (χ3n) is 5.03. The quantitative estimate of drug-likeness (QED) is 0.754. The Morgan fingerprint density at radius 3 is 2.56 bits per heavy atom. The van der Waals surface area contributed by atoms with Crippen molar-refractivity contribution in [2.75, 3.05) is 13.7 Å². The highest BCUT2D eigenvalue weighted by Crippen LogP contribution is 2.32. The van der Waals surface area contributed by atoms with Gasteiger partial charge in [0.2, 0.25) is 5.91 Å². The number of methoxy groups -OCH3 is 1. The zero-order valence-electron chi connectivity index (χ0n) is 15.5. The Balaban J connectivity index is 1.40. The molecule has 0 N–H and O–H groups in total. The van der Waals surface area contributed by atoms with Gasteiger partial charge in [-0.1, -0.05) is 35.5 Å². The fourth-order valence-electron chi connectivity index (χ4n) is 3.35. The van der Waals surface area contributed by atoms with Gasteiger partial charge in [-0.2, -0.15) is 0 Å². The van der Waals surface area contributed by atoms with Crippen LogP contribution in [0.5, 0.6) is 5.75 Å². The molecule has 1 amide bonds. The summed E-state index contributed by atoms with van der Waals surface area (Å²) in [5, 5.41) is 4.26. The molecule has 2 aliphatic rings. The summed E-state index contributed by atoms with van der Waals surface area (Å²) in [7, 11) is 1.65. The molecule has 1 fully saturated rings. The summed E-state index contributed by atoms with van der Waals surface area (Å²) in [6, 6.07) is 17.9. The van der Waals surface area contributed by atoms with E-state index in [1.807, 2.05) is 47.4 Å². The third kappa shape index (κ3) is 4.30. The first kappa shape index (κ1) is 17.6. The van der Waals surface area contributed by atoms with Gasteiger partial charge in [0, 0.05) is 18.9 Å². The maximum absolute atomic E-state index is 12.7. The predicted molar refractivity (Wildman–Crippen MR) is 104 cm³/mol. The summed E-state index contributed by atoms with van der Waals surface area (Å²) < 4.78 is 5.20. The van der Waals surface area contributed by atoms with Crippen LogP contribution in [0.25, 0.3) is 0 Å². The lowest BCUT2D eigenvalue weighted by atomic mass is 10.0. The maximum atomic E-state index is 12.7. The van der Waals surface area contributed by atoms with Gasteiger partial charge in [0.05, 0.1) is 19.4 Å². The number of carbonyl (C=O) groups excluding carboxylic acids is 1. The van der Waals surface area contributed by atoms with E-state index in [9.17, 15) is 4.79 Å². The SMILES string of the molecule is COc1ccc(C2=NO[C@@H](CN(Cc3ccccc3)C(=O)C3CC3)C2)cc1. The maximum Gasteiger partial charge on any atom is 0.226 e. The Morgan fingerprint density at radius 2 is 1.89 bits per heavy atom. The van der Waals surface area contributed by atoms with E-state index in [1.54, 1.807) is 7.11 Å². The molecule has 5 nitrogen and oxygen atoms in total. The molecular weight excluding hydrogens is 340 g/mol. The molecule has 0 unspecified atom stereocenters. The summed E-state index contributed by atoms with van der Waals surface area (Å²) >= 11 is 0. The van der Waals surface area contributed by atoms with Crippen molar-refractivity contribution >= 4 is 11.6 Å². The van der Waals surface area contributed by atoms with Gasteiger partial charge in [0.1, 0.15) is 5.75 Å². The molecular formula is C22H24N2O3. The van der Waals surface area contributed by atoms with E-state index in [4.69, 9.17) is 9.57 Å². The molecule has 140 valence electrons. The number of rotatable bonds is 7. The molecule has 4 rings (SSSR count). The van der Waals surface area contributed by atoms with E-state index in [1.165, 1.54) is 0 Å².